The van der Waals surface area contributed by atoms with Gasteiger partial charge in [-0.15, -0.1) is 0 Å². The molecule has 3 rings (SSSR count). The summed E-state index contributed by atoms with van der Waals surface area (Å²) in [4.78, 5) is 14.4. The highest BCUT2D eigenvalue weighted by Crippen LogP contribution is 2.20. The molecule has 3 nitrogen and oxygen atoms in total. The van der Waals surface area contributed by atoms with Gasteiger partial charge in [-0.05, 0) is 41.3 Å². The van der Waals surface area contributed by atoms with E-state index in [0.29, 0.717) is 12.1 Å². The van der Waals surface area contributed by atoms with Crippen LogP contribution < -0.4 is 4.74 Å². The molecule has 0 aliphatic heterocycles. The van der Waals surface area contributed by atoms with Crippen molar-refractivity contribution in [3.05, 3.63) is 90.0 Å². The van der Waals surface area contributed by atoms with E-state index in [1.807, 2.05) is 73.8 Å². The van der Waals surface area contributed by atoms with Crippen molar-refractivity contribution in [2.75, 3.05) is 20.7 Å². The monoisotopic (exact) mass is 345 g/mol. The molecule has 0 heterocycles. The van der Waals surface area contributed by atoms with Gasteiger partial charge in [-0.1, -0.05) is 60.7 Å². The molecule has 1 amide bonds. The lowest BCUT2D eigenvalue weighted by Gasteiger charge is -2.18. The van der Waals surface area contributed by atoms with Crippen LogP contribution in [0.15, 0.2) is 78.9 Å². The first-order valence-electron chi connectivity index (χ1n) is 8.72. The summed E-state index contributed by atoms with van der Waals surface area (Å²) >= 11 is 0. The fourth-order valence-corrected chi connectivity index (χ4v) is 2.96. The minimum absolute atomic E-state index is 0.0273. The second-order valence-electron chi connectivity index (χ2n) is 6.23. The summed E-state index contributed by atoms with van der Waals surface area (Å²) in [6, 6.07) is 25.9. The number of para-hydroxylation sites is 1. The van der Waals surface area contributed by atoms with Crippen molar-refractivity contribution in [3.8, 4) is 16.9 Å². The molecule has 0 unspecified atom stereocenters. The SMILES string of the molecule is COc1ccccc1CCN(C)C(=O)c1ccc(-c2ccccc2)cc1. The van der Waals surface area contributed by atoms with Gasteiger partial charge in [0.2, 0.25) is 0 Å². The second kappa shape index (κ2) is 8.34. The van der Waals surface area contributed by atoms with Gasteiger partial charge in [0.1, 0.15) is 5.75 Å². The molecular formula is C23H23NO2. The first-order chi connectivity index (χ1) is 12.7. The second-order valence-corrected chi connectivity index (χ2v) is 6.23. The zero-order valence-electron chi connectivity index (χ0n) is 15.2. The predicted molar refractivity (Wildman–Crippen MR) is 106 cm³/mol. The summed E-state index contributed by atoms with van der Waals surface area (Å²) in [5, 5.41) is 0. The third-order valence-corrected chi connectivity index (χ3v) is 4.49. The van der Waals surface area contributed by atoms with Crippen LogP contribution in [0.1, 0.15) is 15.9 Å². The van der Waals surface area contributed by atoms with Gasteiger partial charge >= 0.3 is 0 Å². The van der Waals surface area contributed by atoms with E-state index in [4.69, 9.17) is 4.74 Å². The molecule has 0 aromatic heterocycles. The van der Waals surface area contributed by atoms with Gasteiger partial charge in [-0.3, -0.25) is 4.79 Å². The molecule has 0 saturated carbocycles. The zero-order valence-corrected chi connectivity index (χ0v) is 15.2. The van der Waals surface area contributed by atoms with Crippen LogP contribution >= 0.6 is 0 Å². The Bertz CT molecular complexity index is 857. The van der Waals surface area contributed by atoms with Crippen LogP contribution in [0.4, 0.5) is 0 Å². The standard InChI is InChI=1S/C23H23NO2/c1-24(17-16-20-10-6-7-11-22(20)26-2)23(25)21-14-12-19(13-15-21)18-8-4-3-5-9-18/h3-15H,16-17H2,1-2H3. The maximum absolute atomic E-state index is 12.7. The molecule has 0 radical (unpaired) electrons. The lowest BCUT2D eigenvalue weighted by Crippen LogP contribution is -2.28. The fraction of sp³-hybridized carbons (Fsp3) is 0.174. The molecule has 0 aliphatic carbocycles. The molecule has 0 atom stereocenters. The number of rotatable bonds is 6. The molecule has 132 valence electrons. The van der Waals surface area contributed by atoms with E-state index in [1.165, 1.54) is 0 Å². The molecule has 0 N–H and O–H groups in total. The number of hydrogen-bond acceptors (Lipinski definition) is 2. The van der Waals surface area contributed by atoms with E-state index in [9.17, 15) is 4.79 Å². The van der Waals surface area contributed by atoms with E-state index >= 15 is 0 Å². The van der Waals surface area contributed by atoms with Crippen LogP contribution in [0.25, 0.3) is 11.1 Å². The Morgan fingerprint density at radius 2 is 1.46 bits per heavy atom. The number of hydrogen-bond donors (Lipinski definition) is 0. The van der Waals surface area contributed by atoms with Crippen LogP contribution in [0.5, 0.6) is 5.75 Å². The van der Waals surface area contributed by atoms with Crippen molar-refractivity contribution in [1.29, 1.82) is 0 Å². The molecule has 3 aromatic carbocycles. The minimum Gasteiger partial charge on any atom is -0.496 e. The van der Waals surface area contributed by atoms with Crippen LogP contribution in [-0.2, 0) is 6.42 Å². The van der Waals surface area contributed by atoms with Crippen LogP contribution in [0.3, 0.4) is 0 Å². The Labute approximate surface area is 154 Å². The highest BCUT2D eigenvalue weighted by Gasteiger charge is 2.12. The van der Waals surface area contributed by atoms with Crippen molar-refractivity contribution in [1.82, 2.24) is 4.90 Å². The van der Waals surface area contributed by atoms with Crippen molar-refractivity contribution in [2.45, 2.75) is 6.42 Å². The number of benzene rings is 3. The van der Waals surface area contributed by atoms with Crippen molar-refractivity contribution in [2.24, 2.45) is 0 Å². The van der Waals surface area contributed by atoms with Gasteiger partial charge in [0.15, 0.2) is 0 Å². The first-order valence-corrected chi connectivity index (χ1v) is 8.72. The quantitative estimate of drug-likeness (QED) is 0.649. The lowest BCUT2D eigenvalue weighted by atomic mass is 10.0. The van der Waals surface area contributed by atoms with Crippen LogP contribution in [-0.4, -0.2) is 31.5 Å². The predicted octanol–water partition coefficient (Wildman–Crippen LogP) is 4.68. The third kappa shape index (κ3) is 4.12. The minimum atomic E-state index is 0.0273. The van der Waals surface area contributed by atoms with Gasteiger partial charge in [0, 0.05) is 19.2 Å². The molecule has 3 aromatic rings. The number of likely N-dealkylation sites (N-methyl/N-ethyl adjacent to an activating group) is 1. The molecular weight excluding hydrogens is 322 g/mol. The summed E-state index contributed by atoms with van der Waals surface area (Å²) < 4.78 is 5.37. The van der Waals surface area contributed by atoms with Crippen LogP contribution in [0.2, 0.25) is 0 Å². The highest BCUT2D eigenvalue weighted by molar-refractivity contribution is 5.94. The molecule has 0 fully saturated rings. The van der Waals surface area contributed by atoms with Crippen LogP contribution in [0, 0.1) is 0 Å². The number of methoxy groups -OCH3 is 1. The van der Waals surface area contributed by atoms with Gasteiger partial charge in [-0.2, -0.15) is 0 Å². The van der Waals surface area contributed by atoms with E-state index in [1.54, 1.807) is 12.0 Å². The average Bonchev–Trinajstić information content (AvgIpc) is 2.72. The summed E-state index contributed by atoms with van der Waals surface area (Å²) in [5.74, 6) is 0.889. The summed E-state index contributed by atoms with van der Waals surface area (Å²) in [6.07, 6.45) is 0.758. The number of nitrogens with zero attached hydrogens (tertiary/aromatic N) is 1. The number of carbonyl (C=O) groups is 1. The molecule has 26 heavy (non-hydrogen) atoms. The smallest absolute Gasteiger partial charge is 0.253 e. The Kier molecular flexibility index (Phi) is 5.69. The van der Waals surface area contributed by atoms with Crippen molar-refractivity contribution < 1.29 is 9.53 Å². The van der Waals surface area contributed by atoms with Gasteiger partial charge in [0.05, 0.1) is 7.11 Å². The Hall–Kier alpha value is -3.07. The van der Waals surface area contributed by atoms with Gasteiger partial charge in [-0.25, -0.2) is 0 Å². The largest absolute Gasteiger partial charge is 0.496 e. The Morgan fingerprint density at radius 1 is 0.846 bits per heavy atom. The van der Waals surface area contributed by atoms with E-state index in [-0.39, 0.29) is 5.91 Å². The molecule has 0 spiro atoms. The van der Waals surface area contributed by atoms with E-state index < -0.39 is 0 Å². The summed E-state index contributed by atoms with van der Waals surface area (Å²) in [5.41, 5.74) is 4.07. The van der Waals surface area contributed by atoms with Crippen molar-refractivity contribution >= 4 is 5.91 Å². The average molecular weight is 345 g/mol. The summed E-state index contributed by atoms with van der Waals surface area (Å²) in [7, 11) is 3.50. The molecule has 0 bridgehead atoms. The van der Waals surface area contributed by atoms with E-state index in [0.717, 1.165) is 28.9 Å². The Morgan fingerprint density at radius 3 is 2.15 bits per heavy atom. The number of ether oxygens (including phenoxy) is 1. The summed E-state index contributed by atoms with van der Waals surface area (Å²) in [6.45, 7) is 0.639. The molecule has 0 saturated heterocycles. The number of carbonyl (C=O) groups excluding carboxylic acids is 1. The normalized spacial score (nSPS) is 10.4. The third-order valence-electron chi connectivity index (χ3n) is 4.49. The highest BCUT2D eigenvalue weighted by atomic mass is 16.5. The molecule has 0 aliphatic rings. The van der Waals surface area contributed by atoms with Crippen molar-refractivity contribution in [3.63, 3.8) is 0 Å². The fourth-order valence-electron chi connectivity index (χ4n) is 2.96. The molecule has 3 heteroatoms. The maximum atomic E-state index is 12.7. The van der Waals surface area contributed by atoms with Gasteiger partial charge in [0.25, 0.3) is 5.91 Å². The zero-order chi connectivity index (χ0) is 18.4. The topological polar surface area (TPSA) is 29.5 Å². The Balaban J connectivity index is 1.65. The lowest BCUT2D eigenvalue weighted by molar-refractivity contribution is 0.0796. The maximum Gasteiger partial charge on any atom is 0.253 e. The van der Waals surface area contributed by atoms with E-state index in [2.05, 4.69) is 12.1 Å². The van der Waals surface area contributed by atoms with Gasteiger partial charge < -0.3 is 9.64 Å². The number of amides is 1. The first kappa shape index (κ1) is 17.7.